The molecule has 1 aliphatic heterocycles. The molecule has 0 radical (unpaired) electrons. The largest absolute Gasteiger partial charge is 0.486 e. The molecule has 1 aromatic carbocycles. The summed E-state index contributed by atoms with van der Waals surface area (Å²) in [6.45, 7) is 4.70. The maximum absolute atomic E-state index is 11.3. The lowest BCUT2D eigenvalue weighted by Gasteiger charge is -2.26. The minimum atomic E-state index is -0.632. The average molecular weight is 264 g/mol. The lowest BCUT2D eigenvalue weighted by Crippen LogP contribution is -2.34. The van der Waals surface area contributed by atoms with Gasteiger partial charge in [0.15, 0.2) is 11.5 Å². The number of ether oxygens (including phenoxy) is 2. The smallest absolute Gasteiger partial charge is 0.223 e. The Balaban J connectivity index is 2.15. The summed E-state index contributed by atoms with van der Waals surface area (Å²) in [4.78, 5) is 11.3. The van der Waals surface area contributed by atoms with Crippen LogP contribution < -0.4 is 20.9 Å². The van der Waals surface area contributed by atoms with Crippen LogP contribution in [0.4, 0.5) is 0 Å². The van der Waals surface area contributed by atoms with Gasteiger partial charge < -0.3 is 20.9 Å². The monoisotopic (exact) mass is 264 g/mol. The molecule has 1 unspecified atom stereocenters. The summed E-state index contributed by atoms with van der Waals surface area (Å²) in [5, 5.41) is 0. The third kappa shape index (κ3) is 2.98. The van der Waals surface area contributed by atoms with E-state index in [-0.39, 0.29) is 11.9 Å². The van der Waals surface area contributed by atoms with Crippen LogP contribution in [0.15, 0.2) is 18.2 Å². The summed E-state index contributed by atoms with van der Waals surface area (Å²) in [7, 11) is 0. The van der Waals surface area contributed by atoms with Crippen molar-refractivity contribution in [3.8, 4) is 11.5 Å². The van der Waals surface area contributed by atoms with Crippen LogP contribution in [0.2, 0.25) is 0 Å². The van der Waals surface area contributed by atoms with E-state index in [4.69, 9.17) is 20.9 Å². The zero-order valence-corrected chi connectivity index (χ0v) is 11.3. The molecule has 0 aliphatic carbocycles. The van der Waals surface area contributed by atoms with Gasteiger partial charge in [-0.2, -0.15) is 0 Å². The minimum Gasteiger partial charge on any atom is -0.486 e. The van der Waals surface area contributed by atoms with E-state index in [1.165, 1.54) is 0 Å². The predicted octanol–water partition coefficient (Wildman–Crippen LogP) is 1.36. The molecule has 19 heavy (non-hydrogen) atoms. The number of hydrogen-bond acceptors (Lipinski definition) is 4. The predicted molar refractivity (Wildman–Crippen MR) is 72.0 cm³/mol. The van der Waals surface area contributed by atoms with Crippen molar-refractivity contribution in [2.75, 3.05) is 13.2 Å². The van der Waals surface area contributed by atoms with E-state index in [1.54, 1.807) is 13.8 Å². The molecule has 1 aromatic rings. The van der Waals surface area contributed by atoms with Crippen molar-refractivity contribution in [1.29, 1.82) is 0 Å². The molecule has 5 heteroatoms. The van der Waals surface area contributed by atoms with E-state index < -0.39 is 5.41 Å². The lowest BCUT2D eigenvalue weighted by atomic mass is 9.83. The molecule has 0 bridgehead atoms. The van der Waals surface area contributed by atoms with Crippen molar-refractivity contribution >= 4 is 5.91 Å². The van der Waals surface area contributed by atoms with Gasteiger partial charge in [-0.25, -0.2) is 0 Å². The van der Waals surface area contributed by atoms with Crippen molar-refractivity contribution in [3.63, 3.8) is 0 Å². The highest BCUT2D eigenvalue weighted by molar-refractivity contribution is 5.79. The Bertz CT molecular complexity index is 486. The van der Waals surface area contributed by atoms with E-state index >= 15 is 0 Å². The number of nitrogens with two attached hydrogens (primary N) is 2. The molecule has 0 saturated heterocycles. The maximum Gasteiger partial charge on any atom is 0.223 e. The normalized spacial score (nSPS) is 15.9. The first kappa shape index (κ1) is 13.7. The highest BCUT2D eigenvalue weighted by Gasteiger charge is 2.28. The molecular formula is C14H20N2O3. The molecular weight excluding hydrogens is 244 g/mol. The van der Waals surface area contributed by atoms with Gasteiger partial charge in [0.1, 0.15) is 13.2 Å². The highest BCUT2D eigenvalue weighted by atomic mass is 16.6. The standard InChI is InChI=1S/C14H20N2O3/c1-14(2,13(16)17)8-10(15)9-3-4-11-12(7-9)19-6-5-18-11/h3-4,7,10H,5-6,8,15H2,1-2H3,(H2,16,17). The number of hydrogen-bond donors (Lipinski definition) is 2. The second-order valence-electron chi connectivity index (χ2n) is 5.46. The summed E-state index contributed by atoms with van der Waals surface area (Å²) in [6.07, 6.45) is 0.488. The fraction of sp³-hybridized carbons (Fsp3) is 0.500. The molecule has 5 nitrogen and oxygen atoms in total. The van der Waals surface area contributed by atoms with Crippen molar-refractivity contribution < 1.29 is 14.3 Å². The quantitative estimate of drug-likeness (QED) is 0.859. The van der Waals surface area contributed by atoms with E-state index in [1.807, 2.05) is 18.2 Å². The van der Waals surface area contributed by atoms with Crippen LogP contribution in [-0.4, -0.2) is 19.1 Å². The second kappa shape index (κ2) is 5.09. The number of benzene rings is 1. The van der Waals surface area contributed by atoms with Crippen LogP contribution in [-0.2, 0) is 4.79 Å². The van der Waals surface area contributed by atoms with Crippen LogP contribution in [0, 0.1) is 5.41 Å². The average Bonchev–Trinajstić information content (AvgIpc) is 2.37. The Morgan fingerprint density at radius 3 is 2.58 bits per heavy atom. The van der Waals surface area contributed by atoms with Gasteiger partial charge in [-0.1, -0.05) is 19.9 Å². The van der Waals surface area contributed by atoms with Crippen LogP contribution >= 0.6 is 0 Å². The van der Waals surface area contributed by atoms with E-state index in [9.17, 15) is 4.79 Å². The van der Waals surface area contributed by atoms with E-state index in [0.717, 1.165) is 11.3 Å². The topological polar surface area (TPSA) is 87.6 Å². The van der Waals surface area contributed by atoms with Gasteiger partial charge in [-0.05, 0) is 24.1 Å². The first-order valence-corrected chi connectivity index (χ1v) is 6.35. The zero-order chi connectivity index (χ0) is 14.0. The van der Waals surface area contributed by atoms with Crippen LogP contribution in [0.3, 0.4) is 0 Å². The molecule has 0 aromatic heterocycles. The Hall–Kier alpha value is -1.75. The number of carbonyl (C=O) groups is 1. The van der Waals surface area contributed by atoms with Crippen LogP contribution in [0.1, 0.15) is 31.9 Å². The Kier molecular flexibility index (Phi) is 3.66. The van der Waals surface area contributed by atoms with Crippen LogP contribution in [0.25, 0.3) is 0 Å². The van der Waals surface area contributed by atoms with Gasteiger partial charge >= 0.3 is 0 Å². The molecule has 1 amide bonds. The first-order valence-electron chi connectivity index (χ1n) is 6.35. The van der Waals surface area contributed by atoms with E-state index in [2.05, 4.69) is 0 Å². The summed E-state index contributed by atoms with van der Waals surface area (Å²) in [6, 6.07) is 5.35. The van der Waals surface area contributed by atoms with Gasteiger partial charge in [0.05, 0.1) is 0 Å². The molecule has 4 N–H and O–H groups in total. The van der Waals surface area contributed by atoms with Crippen LogP contribution in [0.5, 0.6) is 11.5 Å². The Labute approximate surface area is 112 Å². The van der Waals surface area contributed by atoms with E-state index in [0.29, 0.717) is 25.4 Å². The fourth-order valence-corrected chi connectivity index (χ4v) is 2.06. The highest BCUT2D eigenvalue weighted by Crippen LogP contribution is 2.35. The summed E-state index contributed by atoms with van der Waals surface area (Å²) < 4.78 is 11.0. The van der Waals surface area contributed by atoms with Gasteiger partial charge in [0.25, 0.3) is 0 Å². The molecule has 1 atom stereocenters. The maximum atomic E-state index is 11.3. The molecule has 0 spiro atoms. The van der Waals surface area contributed by atoms with Crippen molar-refractivity contribution in [2.24, 2.45) is 16.9 Å². The Morgan fingerprint density at radius 2 is 1.95 bits per heavy atom. The van der Waals surface area contributed by atoms with Gasteiger partial charge in [0.2, 0.25) is 5.91 Å². The number of carbonyl (C=O) groups excluding carboxylic acids is 1. The fourth-order valence-electron chi connectivity index (χ4n) is 2.06. The van der Waals surface area contributed by atoms with Gasteiger partial charge in [0, 0.05) is 11.5 Å². The number of fused-ring (bicyclic) bond motifs is 1. The third-order valence-electron chi connectivity index (χ3n) is 3.39. The molecule has 1 aliphatic rings. The first-order chi connectivity index (χ1) is 8.90. The summed E-state index contributed by atoms with van der Waals surface area (Å²) >= 11 is 0. The summed E-state index contributed by atoms with van der Waals surface area (Å²) in [5.41, 5.74) is 11.8. The van der Waals surface area contributed by atoms with Crippen molar-refractivity contribution in [2.45, 2.75) is 26.3 Å². The van der Waals surface area contributed by atoms with Gasteiger partial charge in [-0.3, -0.25) is 4.79 Å². The lowest BCUT2D eigenvalue weighted by molar-refractivity contribution is -0.126. The number of amides is 1. The minimum absolute atomic E-state index is 0.265. The summed E-state index contributed by atoms with van der Waals surface area (Å²) in [5.74, 6) is 1.09. The molecule has 2 rings (SSSR count). The van der Waals surface area contributed by atoms with Crippen molar-refractivity contribution in [1.82, 2.24) is 0 Å². The SMILES string of the molecule is CC(C)(CC(N)c1ccc2c(c1)OCCO2)C(N)=O. The Morgan fingerprint density at radius 1 is 1.32 bits per heavy atom. The molecule has 0 fully saturated rings. The van der Waals surface area contributed by atoms with Crippen molar-refractivity contribution in [3.05, 3.63) is 23.8 Å². The number of rotatable bonds is 4. The third-order valence-corrected chi connectivity index (χ3v) is 3.39. The molecule has 1 heterocycles. The molecule has 104 valence electrons. The zero-order valence-electron chi connectivity index (χ0n) is 11.3. The number of primary amides is 1. The molecule has 0 saturated carbocycles. The second-order valence-corrected chi connectivity index (χ2v) is 5.46. The van der Waals surface area contributed by atoms with Gasteiger partial charge in [-0.15, -0.1) is 0 Å².